The highest BCUT2D eigenvalue weighted by Crippen LogP contribution is 2.41. The van der Waals surface area contributed by atoms with Crippen molar-refractivity contribution in [2.75, 3.05) is 6.61 Å². The van der Waals surface area contributed by atoms with Crippen molar-refractivity contribution in [2.24, 2.45) is 0 Å². The van der Waals surface area contributed by atoms with E-state index in [4.69, 9.17) is 23.7 Å². The highest BCUT2D eigenvalue weighted by atomic mass is 16.6. The summed E-state index contributed by atoms with van der Waals surface area (Å²) in [6.45, 7) is 9.20. The number of hydrogen-bond acceptors (Lipinski definition) is 9. The lowest BCUT2D eigenvalue weighted by Crippen LogP contribution is -2.49. The predicted octanol–water partition coefficient (Wildman–Crippen LogP) is 4.67. The van der Waals surface area contributed by atoms with Gasteiger partial charge in [0, 0.05) is 39.7 Å². The van der Waals surface area contributed by atoms with E-state index in [1.54, 1.807) is 6.07 Å². The normalized spacial score (nSPS) is 21.4. The maximum atomic E-state index is 12.2. The van der Waals surface area contributed by atoms with Crippen LogP contribution in [0.1, 0.15) is 73.6 Å². The molecule has 1 saturated heterocycles. The number of hydrogen-bond donors (Lipinski definition) is 0. The lowest BCUT2D eigenvalue weighted by atomic mass is 9.90. The standard InChI is InChI=1S/C32H36O9/c1-17-9-25-12-24(13-26(25)10-18(17)2)11-23-7-8-29(38-20(4)34)28(14-23)31-32(40-22(6)36)30(39-21(5)35)15-27(41-31)16-37-19(3)33/h7-10,12,14,27,30-32H,11,13,15-16H2,1-6H3/t27-,30?,31?,32+/m0/s1. The third kappa shape index (κ3) is 7.61. The Morgan fingerprint density at radius 2 is 1.59 bits per heavy atom. The van der Waals surface area contributed by atoms with Crippen LogP contribution >= 0.6 is 0 Å². The van der Waals surface area contributed by atoms with Crippen molar-refractivity contribution >= 4 is 30.0 Å². The maximum absolute atomic E-state index is 12.2. The van der Waals surface area contributed by atoms with Crippen LogP contribution < -0.4 is 4.74 Å². The van der Waals surface area contributed by atoms with E-state index in [1.165, 1.54) is 55.5 Å². The van der Waals surface area contributed by atoms with Gasteiger partial charge < -0.3 is 23.7 Å². The fourth-order valence-electron chi connectivity index (χ4n) is 5.41. The molecule has 1 heterocycles. The van der Waals surface area contributed by atoms with E-state index in [0.29, 0.717) is 12.0 Å². The number of fused-ring (bicyclic) bond motifs is 1. The Bertz CT molecular complexity index is 1390. The lowest BCUT2D eigenvalue weighted by molar-refractivity contribution is -0.214. The first kappa shape index (κ1) is 30.0. The van der Waals surface area contributed by atoms with Gasteiger partial charge in [0.2, 0.25) is 0 Å². The molecule has 0 radical (unpaired) electrons. The SMILES string of the molecule is CC(=O)OC[C@@H]1CC(OC(C)=O)[C@@H](OC(C)=O)C(c2cc(CC3=Cc4cc(C)c(C)cc4C3)ccc2OC(C)=O)O1. The summed E-state index contributed by atoms with van der Waals surface area (Å²) in [6, 6.07) is 9.85. The third-order valence-corrected chi connectivity index (χ3v) is 7.19. The molecule has 218 valence electrons. The third-order valence-electron chi connectivity index (χ3n) is 7.19. The average molecular weight is 565 g/mol. The Balaban J connectivity index is 1.72. The summed E-state index contributed by atoms with van der Waals surface area (Å²) < 4.78 is 28.2. The van der Waals surface area contributed by atoms with Crippen molar-refractivity contribution in [3.63, 3.8) is 0 Å². The fraction of sp³-hybridized carbons (Fsp3) is 0.438. The van der Waals surface area contributed by atoms with Crippen LogP contribution in [0.5, 0.6) is 5.75 Å². The van der Waals surface area contributed by atoms with Crippen LogP contribution in [0.25, 0.3) is 6.08 Å². The van der Waals surface area contributed by atoms with E-state index in [0.717, 1.165) is 12.0 Å². The van der Waals surface area contributed by atoms with Crippen molar-refractivity contribution in [1.82, 2.24) is 0 Å². The molecule has 2 aromatic carbocycles. The van der Waals surface area contributed by atoms with Crippen LogP contribution in [0.4, 0.5) is 0 Å². The molecule has 0 bridgehead atoms. The minimum absolute atomic E-state index is 0.0943. The first-order valence-electron chi connectivity index (χ1n) is 13.6. The lowest BCUT2D eigenvalue weighted by Gasteiger charge is -2.40. The number of benzene rings is 2. The van der Waals surface area contributed by atoms with E-state index in [9.17, 15) is 19.2 Å². The molecule has 0 spiro atoms. The first-order chi connectivity index (χ1) is 19.4. The van der Waals surface area contributed by atoms with Gasteiger partial charge in [-0.15, -0.1) is 0 Å². The second-order valence-corrected chi connectivity index (χ2v) is 10.7. The summed E-state index contributed by atoms with van der Waals surface area (Å²) in [7, 11) is 0. The second kappa shape index (κ2) is 12.7. The minimum atomic E-state index is -1.03. The van der Waals surface area contributed by atoms with Gasteiger partial charge in [-0.2, -0.15) is 0 Å². The van der Waals surface area contributed by atoms with E-state index < -0.39 is 48.3 Å². The molecular weight excluding hydrogens is 528 g/mol. The molecule has 2 unspecified atom stereocenters. The molecule has 0 aromatic heterocycles. The largest absolute Gasteiger partial charge is 0.463 e. The summed E-state index contributed by atoms with van der Waals surface area (Å²) in [5.74, 6) is -1.95. The van der Waals surface area contributed by atoms with Crippen LogP contribution in [-0.4, -0.2) is 48.8 Å². The number of carbonyl (C=O) groups excluding carboxylic acids is 4. The Kier molecular flexibility index (Phi) is 9.28. The molecule has 0 N–H and O–H groups in total. The average Bonchev–Trinajstić information content (AvgIpc) is 3.24. The van der Waals surface area contributed by atoms with Crippen LogP contribution in [0.15, 0.2) is 35.9 Å². The van der Waals surface area contributed by atoms with Gasteiger partial charge in [0.15, 0.2) is 6.10 Å². The molecule has 4 atom stereocenters. The van der Waals surface area contributed by atoms with Crippen molar-refractivity contribution in [1.29, 1.82) is 0 Å². The monoisotopic (exact) mass is 564 g/mol. The molecule has 0 saturated carbocycles. The van der Waals surface area contributed by atoms with Gasteiger partial charge in [-0.05, 0) is 66.6 Å². The van der Waals surface area contributed by atoms with Gasteiger partial charge in [-0.1, -0.05) is 29.8 Å². The zero-order valence-corrected chi connectivity index (χ0v) is 24.3. The molecule has 2 aromatic rings. The number of ether oxygens (including phenoxy) is 5. The van der Waals surface area contributed by atoms with E-state index in [2.05, 4.69) is 32.1 Å². The zero-order valence-electron chi connectivity index (χ0n) is 24.3. The molecule has 41 heavy (non-hydrogen) atoms. The molecule has 9 nitrogen and oxygen atoms in total. The van der Waals surface area contributed by atoms with Gasteiger partial charge in [0.25, 0.3) is 0 Å². The summed E-state index contributed by atoms with van der Waals surface area (Å²) in [6.07, 6.45) is 0.222. The summed E-state index contributed by atoms with van der Waals surface area (Å²) >= 11 is 0. The Morgan fingerprint density at radius 3 is 2.24 bits per heavy atom. The number of rotatable bonds is 8. The van der Waals surface area contributed by atoms with Crippen LogP contribution in [0, 0.1) is 13.8 Å². The summed E-state index contributed by atoms with van der Waals surface area (Å²) in [4.78, 5) is 47.7. The van der Waals surface area contributed by atoms with Crippen LogP contribution in [0.3, 0.4) is 0 Å². The first-order valence-corrected chi connectivity index (χ1v) is 13.6. The van der Waals surface area contributed by atoms with Crippen molar-refractivity contribution < 1.29 is 42.9 Å². The van der Waals surface area contributed by atoms with E-state index in [1.807, 2.05) is 12.1 Å². The van der Waals surface area contributed by atoms with E-state index >= 15 is 0 Å². The predicted molar refractivity (Wildman–Crippen MR) is 149 cm³/mol. The van der Waals surface area contributed by atoms with Gasteiger partial charge in [0.1, 0.15) is 24.6 Å². The van der Waals surface area contributed by atoms with Gasteiger partial charge in [-0.25, -0.2) is 0 Å². The Hall–Kier alpha value is -3.98. The minimum Gasteiger partial charge on any atom is -0.463 e. The van der Waals surface area contributed by atoms with Crippen molar-refractivity contribution in [2.45, 2.75) is 85.2 Å². The number of esters is 4. The molecule has 1 aliphatic carbocycles. The molecule has 1 fully saturated rings. The smallest absolute Gasteiger partial charge is 0.308 e. The van der Waals surface area contributed by atoms with Crippen LogP contribution in [-0.2, 0) is 51.0 Å². The van der Waals surface area contributed by atoms with Crippen molar-refractivity contribution in [3.8, 4) is 5.75 Å². The molecule has 1 aliphatic heterocycles. The van der Waals surface area contributed by atoms with Gasteiger partial charge >= 0.3 is 23.9 Å². The van der Waals surface area contributed by atoms with Crippen LogP contribution in [0.2, 0.25) is 0 Å². The topological polar surface area (TPSA) is 114 Å². The van der Waals surface area contributed by atoms with Gasteiger partial charge in [-0.3, -0.25) is 19.2 Å². The van der Waals surface area contributed by atoms with Crippen molar-refractivity contribution in [3.05, 3.63) is 69.3 Å². The van der Waals surface area contributed by atoms with E-state index in [-0.39, 0.29) is 18.8 Å². The fourth-order valence-corrected chi connectivity index (χ4v) is 5.41. The maximum Gasteiger partial charge on any atom is 0.308 e. The number of carbonyl (C=O) groups is 4. The molecule has 0 amide bonds. The molecule has 2 aliphatic rings. The highest BCUT2D eigenvalue weighted by Gasteiger charge is 2.45. The highest BCUT2D eigenvalue weighted by molar-refractivity contribution is 5.71. The number of aryl methyl sites for hydroxylation is 2. The zero-order chi connectivity index (χ0) is 29.8. The second-order valence-electron chi connectivity index (χ2n) is 10.7. The Labute approximate surface area is 239 Å². The number of allylic oxidation sites excluding steroid dienone is 1. The summed E-state index contributed by atoms with van der Waals surface area (Å²) in [5, 5.41) is 0. The Morgan fingerprint density at radius 1 is 0.878 bits per heavy atom. The molecular formula is C32H36O9. The van der Waals surface area contributed by atoms with Gasteiger partial charge in [0.05, 0.1) is 6.10 Å². The molecule has 4 rings (SSSR count). The summed E-state index contributed by atoms with van der Waals surface area (Å²) in [5.41, 5.74) is 7.60. The molecule has 9 heteroatoms. The quantitative estimate of drug-likeness (QED) is 0.256.